The fourth-order valence-corrected chi connectivity index (χ4v) is 5.43. The van der Waals surface area contributed by atoms with Crippen LogP contribution in [0.1, 0.15) is 61.8 Å². The van der Waals surface area contributed by atoms with Gasteiger partial charge in [-0.25, -0.2) is 23.2 Å². The van der Waals surface area contributed by atoms with Crippen molar-refractivity contribution in [2.45, 2.75) is 89.8 Å². The third kappa shape index (κ3) is 6.54. The lowest BCUT2D eigenvalue weighted by atomic mass is 9.81. The maximum absolute atomic E-state index is 13.0. The Morgan fingerprint density at radius 2 is 1.75 bits per heavy atom. The zero-order chi connectivity index (χ0) is 27.1. The third-order valence-electron chi connectivity index (χ3n) is 6.61. The molecule has 0 bridgehead atoms. The molecule has 1 aromatic rings. The predicted molar refractivity (Wildman–Crippen MR) is 133 cm³/mol. The van der Waals surface area contributed by atoms with Crippen LogP contribution in [-0.4, -0.2) is 84.1 Å². The summed E-state index contributed by atoms with van der Waals surface area (Å²) in [5.74, 6) is -0.733. The van der Waals surface area contributed by atoms with E-state index in [9.17, 15) is 18.0 Å². The number of nitrogens with zero attached hydrogens (tertiary/aromatic N) is 3. The summed E-state index contributed by atoms with van der Waals surface area (Å²) < 4.78 is 43.0. The fourth-order valence-electron chi connectivity index (χ4n) is 3.96. The zero-order valence-corrected chi connectivity index (χ0v) is 23.1. The van der Waals surface area contributed by atoms with E-state index in [1.165, 1.54) is 12.4 Å². The molecule has 3 rings (SSSR count). The van der Waals surface area contributed by atoms with Gasteiger partial charge in [0.25, 0.3) is 0 Å². The lowest BCUT2D eigenvalue weighted by molar-refractivity contribution is -0.132. The number of carbonyl (C=O) groups excluding carboxylic acids is 2. The lowest BCUT2D eigenvalue weighted by Gasteiger charge is -2.32. The minimum absolute atomic E-state index is 0.180. The van der Waals surface area contributed by atoms with Crippen LogP contribution < -0.4 is 10.8 Å². The molecule has 2 aliphatic heterocycles. The molecule has 2 aliphatic rings. The van der Waals surface area contributed by atoms with Gasteiger partial charge in [-0.15, -0.1) is 0 Å². The number of amides is 2. The van der Waals surface area contributed by atoms with Gasteiger partial charge < -0.3 is 24.3 Å². The van der Waals surface area contributed by atoms with Crippen LogP contribution in [0, 0.1) is 5.92 Å². The molecule has 0 radical (unpaired) electrons. The van der Waals surface area contributed by atoms with E-state index in [0.717, 1.165) is 0 Å². The van der Waals surface area contributed by atoms with Crippen molar-refractivity contribution in [3.05, 3.63) is 12.4 Å². The predicted octanol–water partition coefficient (Wildman–Crippen LogP) is 1.31. The summed E-state index contributed by atoms with van der Waals surface area (Å²) in [4.78, 5) is 34.4. The SMILES string of the molecule is C[C@@H](NC(=O)OC(C)(C)C)C(=O)N1CC[C@@H](CS(=O)(=O)c2ncc(B3OC(C)(C)C(C)(C)O3)cn2)C1. The Kier molecular flexibility index (Phi) is 7.79. The molecule has 200 valence electrons. The van der Waals surface area contributed by atoms with Gasteiger partial charge in [0, 0.05) is 30.9 Å². The number of carbonyl (C=O) groups is 2. The first-order valence-electron chi connectivity index (χ1n) is 12.1. The van der Waals surface area contributed by atoms with Gasteiger partial charge in [-0.2, -0.15) is 0 Å². The van der Waals surface area contributed by atoms with Gasteiger partial charge in [-0.1, -0.05) is 0 Å². The van der Waals surface area contributed by atoms with Crippen LogP contribution in [0.4, 0.5) is 4.79 Å². The topological polar surface area (TPSA) is 137 Å². The first-order chi connectivity index (χ1) is 16.4. The third-order valence-corrected chi connectivity index (χ3v) is 8.29. The maximum Gasteiger partial charge on any atom is 0.498 e. The van der Waals surface area contributed by atoms with E-state index in [4.69, 9.17) is 14.0 Å². The Morgan fingerprint density at radius 3 is 2.28 bits per heavy atom. The molecule has 0 aromatic carbocycles. The van der Waals surface area contributed by atoms with Crippen LogP contribution in [0.5, 0.6) is 0 Å². The van der Waals surface area contributed by atoms with Crippen LogP contribution in [0.15, 0.2) is 17.6 Å². The van der Waals surface area contributed by atoms with E-state index >= 15 is 0 Å². The van der Waals surface area contributed by atoms with Crippen molar-refractivity contribution < 1.29 is 32.1 Å². The highest BCUT2D eigenvalue weighted by atomic mass is 32.2. The molecule has 0 aliphatic carbocycles. The van der Waals surface area contributed by atoms with Crippen molar-refractivity contribution in [1.29, 1.82) is 0 Å². The summed E-state index contributed by atoms with van der Waals surface area (Å²) >= 11 is 0. The van der Waals surface area contributed by atoms with Crippen molar-refractivity contribution >= 4 is 34.4 Å². The van der Waals surface area contributed by atoms with Crippen molar-refractivity contribution in [1.82, 2.24) is 20.2 Å². The number of alkyl carbamates (subject to hydrolysis) is 1. The second-order valence-electron chi connectivity index (χ2n) is 11.5. The molecule has 11 nitrogen and oxygen atoms in total. The molecule has 2 atom stereocenters. The average Bonchev–Trinajstić information content (AvgIpc) is 3.26. The number of ether oxygens (including phenoxy) is 1. The summed E-state index contributed by atoms with van der Waals surface area (Å²) in [6.45, 7) is 15.2. The summed E-state index contributed by atoms with van der Waals surface area (Å²) in [5, 5.41) is 2.26. The molecular formula is C23H37BN4O7S. The fraction of sp³-hybridized carbons (Fsp3) is 0.739. The van der Waals surface area contributed by atoms with Crippen LogP contribution in [0.25, 0.3) is 0 Å². The molecule has 0 spiro atoms. The molecule has 13 heteroatoms. The number of likely N-dealkylation sites (tertiary alicyclic amines) is 1. The molecule has 1 aromatic heterocycles. The van der Waals surface area contributed by atoms with Crippen LogP contribution >= 0.6 is 0 Å². The van der Waals surface area contributed by atoms with Crippen LogP contribution in [0.2, 0.25) is 0 Å². The molecular weight excluding hydrogens is 487 g/mol. The van der Waals surface area contributed by atoms with Gasteiger partial charge >= 0.3 is 13.2 Å². The van der Waals surface area contributed by atoms with Gasteiger partial charge in [-0.05, 0) is 67.7 Å². The number of hydrogen-bond acceptors (Lipinski definition) is 9. The van der Waals surface area contributed by atoms with Crippen molar-refractivity contribution in [2.75, 3.05) is 18.8 Å². The zero-order valence-electron chi connectivity index (χ0n) is 22.3. The van der Waals surface area contributed by atoms with Crippen molar-refractivity contribution in [3.8, 4) is 0 Å². The Morgan fingerprint density at radius 1 is 1.19 bits per heavy atom. The van der Waals surface area contributed by atoms with E-state index in [1.54, 1.807) is 32.6 Å². The molecule has 2 saturated heterocycles. The molecule has 0 unspecified atom stereocenters. The van der Waals surface area contributed by atoms with E-state index in [-0.39, 0.29) is 29.3 Å². The molecule has 1 N–H and O–H groups in total. The minimum Gasteiger partial charge on any atom is -0.444 e. The van der Waals surface area contributed by atoms with E-state index < -0.39 is 45.9 Å². The van der Waals surface area contributed by atoms with Crippen molar-refractivity contribution in [2.24, 2.45) is 5.92 Å². The van der Waals surface area contributed by atoms with Gasteiger partial charge in [-0.3, -0.25) is 4.79 Å². The summed E-state index contributed by atoms with van der Waals surface area (Å²) in [7, 11) is -4.45. The Hall–Kier alpha value is -2.25. The van der Waals surface area contributed by atoms with Crippen molar-refractivity contribution in [3.63, 3.8) is 0 Å². The average molecular weight is 524 g/mol. The normalized spacial score (nSPS) is 22.4. The minimum atomic E-state index is -3.77. The molecule has 2 amide bonds. The quantitative estimate of drug-likeness (QED) is 0.431. The molecule has 36 heavy (non-hydrogen) atoms. The highest BCUT2D eigenvalue weighted by molar-refractivity contribution is 7.91. The summed E-state index contributed by atoms with van der Waals surface area (Å²) in [6.07, 6.45) is 2.67. The second kappa shape index (κ2) is 9.90. The van der Waals surface area contributed by atoms with Gasteiger partial charge in [0.1, 0.15) is 11.6 Å². The largest absolute Gasteiger partial charge is 0.498 e. The van der Waals surface area contributed by atoms with E-state index in [2.05, 4.69) is 15.3 Å². The maximum atomic E-state index is 13.0. The number of rotatable bonds is 6. The van der Waals surface area contributed by atoms with Gasteiger partial charge in [0.15, 0.2) is 0 Å². The van der Waals surface area contributed by atoms with E-state index in [0.29, 0.717) is 18.4 Å². The second-order valence-corrected chi connectivity index (χ2v) is 13.4. The number of sulfone groups is 1. The summed E-state index contributed by atoms with van der Waals surface area (Å²) in [6, 6.07) is -0.791. The Labute approximate surface area is 213 Å². The number of hydrogen-bond donors (Lipinski definition) is 1. The van der Waals surface area contributed by atoms with Crippen LogP contribution in [-0.2, 0) is 28.7 Å². The standard InChI is InChI=1S/C23H37BN4O7S/c1-15(27-20(30)33-21(2,3)4)18(29)28-10-9-16(13-28)14-36(31,32)19-25-11-17(12-26-19)24-34-22(5,6)23(7,8)35-24/h11-12,15-16H,9-10,13-14H2,1-8H3,(H,27,30)/t15-,16-/m1/s1. The van der Waals surface area contributed by atoms with E-state index in [1.807, 2.05) is 27.7 Å². The van der Waals surface area contributed by atoms with Gasteiger partial charge in [0.2, 0.25) is 20.9 Å². The monoisotopic (exact) mass is 524 g/mol. The first kappa shape index (κ1) is 28.3. The Balaban J connectivity index is 1.56. The summed E-state index contributed by atoms with van der Waals surface area (Å²) in [5.41, 5.74) is -1.20. The molecule has 2 fully saturated rings. The number of aromatic nitrogens is 2. The molecule has 3 heterocycles. The van der Waals surface area contributed by atoms with Crippen LogP contribution in [0.3, 0.4) is 0 Å². The number of nitrogens with one attached hydrogen (secondary N) is 1. The Bertz CT molecular complexity index is 1070. The van der Waals surface area contributed by atoms with Gasteiger partial charge in [0.05, 0.1) is 17.0 Å². The smallest absolute Gasteiger partial charge is 0.444 e. The first-order valence-corrected chi connectivity index (χ1v) is 13.7. The highest BCUT2D eigenvalue weighted by Gasteiger charge is 2.52. The molecule has 0 saturated carbocycles. The lowest BCUT2D eigenvalue weighted by Crippen LogP contribution is -2.47. The highest BCUT2D eigenvalue weighted by Crippen LogP contribution is 2.36.